The Morgan fingerprint density at radius 2 is 1.46 bits per heavy atom. The van der Waals surface area contributed by atoms with E-state index < -0.39 is 11.8 Å². The van der Waals surface area contributed by atoms with Gasteiger partial charge in [0.1, 0.15) is 0 Å². The Morgan fingerprint density at radius 3 is 2.00 bits per heavy atom. The van der Waals surface area contributed by atoms with Crippen LogP contribution in [0.4, 0.5) is 0 Å². The second kappa shape index (κ2) is 14.4. The Morgan fingerprint density at radius 1 is 0.929 bits per heavy atom. The van der Waals surface area contributed by atoms with E-state index in [1.807, 2.05) is 0 Å². The molecule has 0 fully saturated rings. The predicted octanol–water partition coefficient (Wildman–Crippen LogP) is -0.629. The maximum absolute atomic E-state index is 11.7. The van der Waals surface area contributed by atoms with Gasteiger partial charge in [0.05, 0.1) is 26.4 Å². The first-order valence-corrected chi connectivity index (χ1v) is 9.20. The molecule has 4 amide bonds. The monoisotopic (exact) mass is 393 g/mol. The zero-order valence-corrected chi connectivity index (χ0v) is 15.9. The Balaban J connectivity index is 1.87. The lowest BCUT2D eigenvalue weighted by molar-refractivity contribution is -0.137. The number of nitrogens with one attached hydrogen (secondary N) is 2. The largest absolute Gasteiger partial charge is 0.377 e. The fourth-order valence-corrected chi connectivity index (χ4v) is 2.24. The highest BCUT2D eigenvalue weighted by molar-refractivity contribution is 6.13. The number of terminal acetylenes is 1. The van der Waals surface area contributed by atoms with Crippen LogP contribution in [0, 0.1) is 12.3 Å². The molecule has 0 aromatic rings. The molecule has 0 aromatic heterocycles. The number of rotatable bonds is 15. The quantitative estimate of drug-likeness (QED) is 0.218. The van der Waals surface area contributed by atoms with Gasteiger partial charge < -0.3 is 20.1 Å². The third-order valence-corrected chi connectivity index (χ3v) is 3.70. The van der Waals surface area contributed by atoms with Gasteiger partial charge in [-0.25, -0.2) is 0 Å². The molecule has 0 atom stereocenters. The van der Waals surface area contributed by atoms with Crippen LogP contribution in [0.5, 0.6) is 0 Å². The number of carbonyl (C=O) groups excluding carboxylic acids is 4. The molecule has 0 bridgehead atoms. The molecular formula is C19H27N3O6. The summed E-state index contributed by atoms with van der Waals surface area (Å²) in [5, 5.41) is 5.38. The Labute approximate surface area is 164 Å². The second-order valence-electron chi connectivity index (χ2n) is 5.89. The molecule has 9 nitrogen and oxygen atoms in total. The van der Waals surface area contributed by atoms with Gasteiger partial charge in [-0.2, -0.15) is 0 Å². The number of imide groups is 1. The van der Waals surface area contributed by atoms with Gasteiger partial charge in [0.15, 0.2) is 0 Å². The molecule has 0 aromatic carbocycles. The third kappa shape index (κ3) is 10.4. The molecule has 0 unspecified atom stereocenters. The number of unbranched alkanes of at least 4 members (excludes halogenated alkanes) is 1. The molecule has 9 heteroatoms. The summed E-state index contributed by atoms with van der Waals surface area (Å²) >= 11 is 0. The van der Waals surface area contributed by atoms with Gasteiger partial charge in [-0.1, -0.05) is 0 Å². The highest BCUT2D eigenvalue weighted by Gasteiger charge is 2.23. The van der Waals surface area contributed by atoms with E-state index in [-0.39, 0.29) is 24.8 Å². The van der Waals surface area contributed by atoms with E-state index in [1.54, 1.807) is 0 Å². The minimum Gasteiger partial charge on any atom is -0.377 e. The van der Waals surface area contributed by atoms with Gasteiger partial charge in [-0.15, -0.1) is 12.3 Å². The van der Waals surface area contributed by atoms with Crippen molar-refractivity contribution in [2.75, 3.05) is 46.1 Å². The summed E-state index contributed by atoms with van der Waals surface area (Å²) in [7, 11) is 0. The van der Waals surface area contributed by atoms with Crippen LogP contribution in [0.3, 0.4) is 0 Å². The lowest BCUT2D eigenvalue weighted by Gasteiger charge is -2.13. The number of nitrogens with zero attached hydrogens (tertiary/aromatic N) is 1. The van der Waals surface area contributed by atoms with Gasteiger partial charge in [-0.3, -0.25) is 24.1 Å². The van der Waals surface area contributed by atoms with Crippen LogP contribution in [-0.2, 0) is 28.7 Å². The van der Waals surface area contributed by atoms with E-state index in [4.69, 9.17) is 15.9 Å². The topological polar surface area (TPSA) is 114 Å². The lowest BCUT2D eigenvalue weighted by atomic mass is 10.2. The zero-order valence-electron chi connectivity index (χ0n) is 15.9. The van der Waals surface area contributed by atoms with E-state index in [9.17, 15) is 19.2 Å². The normalized spacial score (nSPS) is 12.9. The first-order chi connectivity index (χ1) is 13.5. The van der Waals surface area contributed by atoms with Gasteiger partial charge >= 0.3 is 0 Å². The van der Waals surface area contributed by atoms with Crippen LogP contribution in [0.15, 0.2) is 12.2 Å². The van der Waals surface area contributed by atoms with Crippen molar-refractivity contribution in [2.24, 2.45) is 0 Å². The number of carbonyl (C=O) groups is 4. The fourth-order valence-electron chi connectivity index (χ4n) is 2.24. The van der Waals surface area contributed by atoms with Crippen molar-refractivity contribution in [2.45, 2.75) is 25.7 Å². The van der Waals surface area contributed by atoms with Gasteiger partial charge in [0, 0.05) is 51.0 Å². The minimum absolute atomic E-state index is 0.0411. The van der Waals surface area contributed by atoms with E-state index in [2.05, 4.69) is 16.6 Å². The van der Waals surface area contributed by atoms with Crippen LogP contribution < -0.4 is 10.6 Å². The van der Waals surface area contributed by atoms with E-state index in [1.165, 1.54) is 12.2 Å². The summed E-state index contributed by atoms with van der Waals surface area (Å²) in [4.78, 5) is 46.8. The molecule has 0 saturated carbocycles. The summed E-state index contributed by atoms with van der Waals surface area (Å²) in [5.74, 6) is 1.39. The van der Waals surface area contributed by atoms with Crippen LogP contribution in [0.25, 0.3) is 0 Å². The van der Waals surface area contributed by atoms with Crippen molar-refractivity contribution < 1.29 is 28.7 Å². The fraction of sp³-hybridized carbons (Fsp3) is 0.579. The highest BCUT2D eigenvalue weighted by atomic mass is 16.5. The van der Waals surface area contributed by atoms with Crippen molar-refractivity contribution in [1.29, 1.82) is 0 Å². The number of hydrogen-bond donors (Lipinski definition) is 2. The Bertz CT molecular complexity index is 593. The average molecular weight is 393 g/mol. The van der Waals surface area contributed by atoms with E-state index >= 15 is 0 Å². The predicted molar refractivity (Wildman–Crippen MR) is 101 cm³/mol. The molecule has 2 N–H and O–H groups in total. The van der Waals surface area contributed by atoms with E-state index in [0.717, 1.165) is 4.90 Å². The summed E-state index contributed by atoms with van der Waals surface area (Å²) < 4.78 is 10.6. The number of amides is 4. The number of hydrogen-bond acceptors (Lipinski definition) is 6. The van der Waals surface area contributed by atoms with Gasteiger partial charge in [0.25, 0.3) is 11.8 Å². The average Bonchev–Trinajstić information content (AvgIpc) is 2.99. The maximum atomic E-state index is 11.7. The van der Waals surface area contributed by atoms with Crippen molar-refractivity contribution in [3.05, 3.63) is 12.2 Å². The molecule has 1 aliphatic heterocycles. The Kier molecular flexibility index (Phi) is 12.0. The van der Waals surface area contributed by atoms with Gasteiger partial charge in [0.2, 0.25) is 11.8 Å². The summed E-state index contributed by atoms with van der Waals surface area (Å²) in [6.07, 6.45) is 9.23. The first-order valence-electron chi connectivity index (χ1n) is 9.20. The minimum atomic E-state index is -0.399. The van der Waals surface area contributed by atoms with Crippen LogP contribution in [0.1, 0.15) is 25.7 Å². The maximum Gasteiger partial charge on any atom is 0.253 e. The molecule has 0 aliphatic carbocycles. The summed E-state index contributed by atoms with van der Waals surface area (Å²) in [6, 6.07) is 0. The molecule has 28 heavy (non-hydrogen) atoms. The summed E-state index contributed by atoms with van der Waals surface area (Å²) in [6.45, 7) is 2.29. The Hall–Kier alpha value is -2.70. The first kappa shape index (κ1) is 23.3. The molecule has 1 rings (SSSR count). The molecule has 154 valence electrons. The highest BCUT2D eigenvalue weighted by Crippen LogP contribution is 2.03. The van der Waals surface area contributed by atoms with Crippen molar-refractivity contribution >= 4 is 23.6 Å². The molecule has 1 heterocycles. The summed E-state index contributed by atoms with van der Waals surface area (Å²) in [5.41, 5.74) is 0. The third-order valence-electron chi connectivity index (χ3n) is 3.70. The van der Waals surface area contributed by atoms with Crippen LogP contribution >= 0.6 is 0 Å². The molecule has 0 radical (unpaired) electrons. The van der Waals surface area contributed by atoms with E-state index in [0.29, 0.717) is 58.8 Å². The molecule has 1 aliphatic rings. The smallest absolute Gasteiger partial charge is 0.253 e. The molecule has 0 spiro atoms. The van der Waals surface area contributed by atoms with Crippen molar-refractivity contribution in [3.8, 4) is 12.3 Å². The lowest BCUT2D eigenvalue weighted by Crippen LogP contribution is -2.35. The number of ether oxygens (including phenoxy) is 2. The SMILES string of the molecule is C#CCCCC(=O)NCCOCCOCCNC(=O)CCN1C(=O)C=CC1=O. The molecular weight excluding hydrogens is 366 g/mol. The van der Waals surface area contributed by atoms with Crippen molar-refractivity contribution in [3.63, 3.8) is 0 Å². The van der Waals surface area contributed by atoms with Crippen LogP contribution in [0.2, 0.25) is 0 Å². The van der Waals surface area contributed by atoms with Gasteiger partial charge in [-0.05, 0) is 6.42 Å². The second-order valence-corrected chi connectivity index (χ2v) is 5.89. The van der Waals surface area contributed by atoms with Crippen molar-refractivity contribution in [1.82, 2.24) is 15.5 Å². The van der Waals surface area contributed by atoms with Crippen LogP contribution in [-0.4, -0.2) is 74.6 Å². The zero-order chi connectivity index (χ0) is 20.6. The standard InChI is InChI=1S/C19H27N3O6/c1-2-3-4-5-16(23)20-9-12-27-14-15-28-13-10-21-17(24)8-11-22-18(25)6-7-19(22)26/h1,6-7H,3-5,8-15H2,(H,20,23)(H,21,24). The molecule has 0 saturated heterocycles.